The highest BCUT2D eigenvalue weighted by Gasteiger charge is 2.20. The van der Waals surface area contributed by atoms with E-state index in [-0.39, 0.29) is 6.54 Å². The van der Waals surface area contributed by atoms with Crippen molar-refractivity contribution in [2.45, 2.75) is 6.92 Å². The van der Waals surface area contributed by atoms with E-state index in [0.29, 0.717) is 23.7 Å². The number of benzene rings is 2. The zero-order valence-electron chi connectivity index (χ0n) is 13.6. The Labute approximate surface area is 142 Å². The van der Waals surface area contributed by atoms with Gasteiger partial charge in [-0.2, -0.15) is 0 Å². The number of nitrogens with zero attached hydrogens (tertiary/aromatic N) is 1. The molecule has 2 aromatic rings. The van der Waals surface area contributed by atoms with Crippen LogP contribution >= 0.6 is 0 Å². The minimum absolute atomic E-state index is 0.296. The topological polar surface area (TPSA) is 75.7 Å². The van der Waals surface area contributed by atoms with Crippen LogP contribution in [0.4, 0.5) is 11.4 Å². The Morgan fingerprint density at radius 1 is 1.08 bits per heavy atom. The number of anilines is 2. The van der Waals surface area contributed by atoms with Gasteiger partial charge in [0, 0.05) is 5.69 Å². The van der Waals surface area contributed by atoms with Crippen LogP contribution < -0.4 is 14.4 Å². The number of ether oxygens (including phenoxy) is 1. The maximum absolute atomic E-state index is 12.2. The zero-order valence-corrected chi connectivity index (χ0v) is 14.4. The molecule has 128 valence electrons. The summed E-state index contributed by atoms with van der Waals surface area (Å²) in [7, 11) is -3.57. The summed E-state index contributed by atoms with van der Waals surface area (Å²) in [5, 5.41) is 2.68. The smallest absolute Gasteiger partial charge is 0.245 e. The molecule has 0 aliphatic rings. The van der Waals surface area contributed by atoms with Crippen molar-refractivity contribution in [2.24, 2.45) is 0 Å². The summed E-state index contributed by atoms with van der Waals surface area (Å²) in [6.07, 6.45) is 1.07. The van der Waals surface area contributed by atoms with Crippen molar-refractivity contribution in [3.05, 3.63) is 54.6 Å². The second-order valence-corrected chi connectivity index (χ2v) is 7.02. The lowest BCUT2D eigenvalue weighted by Gasteiger charge is -2.21. The Hall–Kier alpha value is -2.54. The van der Waals surface area contributed by atoms with Gasteiger partial charge in [-0.25, -0.2) is 8.42 Å². The molecule has 0 unspecified atom stereocenters. The lowest BCUT2D eigenvalue weighted by Crippen LogP contribution is -2.37. The van der Waals surface area contributed by atoms with Crippen LogP contribution in [0.3, 0.4) is 0 Å². The molecule has 0 aromatic heterocycles. The molecule has 6 nitrogen and oxygen atoms in total. The summed E-state index contributed by atoms with van der Waals surface area (Å²) >= 11 is 0. The second-order valence-electron chi connectivity index (χ2n) is 5.11. The maximum Gasteiger partial charge on any atom is 0.245 e. The minimum Gasteiger partial charge on any atom is -0.494 e. The van der Waals surface area contributed by atoms with Crippen LogP contribution in [0.5, 0.6) is 5.75 Å². The van der Waals surface area contributed by atoms with E-state index in [4.69, 9.17) is 4.74 Å². The number of amides is 1. The molecule has 0 bridgehead atoms. The Balaban J connectivity index is 2.08. The Kier molecular flexibility index (Phi) is 5.81. The van der Waals surface area contributed by atoms with Crippen molar-refractivity contribution in [1.82, 2.24) is 0 Å². The van der Waals surface area contributed by atoms with E-state index >= 15 is 0 Å². The first-order chi connectivity index (χ1) is 11.4. The third kappa shape index (κ3) is 4.99. The van der Waals surface area contributed by atoms with Gasteiger partial charge in [-0.05, 0) is 43.3 Å². The third-order valence-corrected chi connectivity index (χ3v) is 4.32. The number of para-hydroxylation sites is 1. The average molecular weight is 348 g/mol. The monoisotopic (exact) mass is 348 g/mol. The van der Waals surface area contributed by atoms with Crippen LogP contribution in [0.15, 0.2) is 54.6 Å². The molecule has 0 saturated heterocycles. The number of hydrogen-bond acceptors (Lipinski definition) is 4. The quantitative estimate of drug-likeness (QED) is 0.834. The SMILES string of the molecule is CCOc1ccc(NC(=O)CN(c2ccccc2)S(C)(=O)=O)cc1. The highest BCUT2D eigenvalue weighted by molar-refractivity contribution is 7.92. The minimum atomic E-state index is -3.57. The molecule has 2 rings (SSSR count). The van der Waals surface area contributed by atoms with Gasteiger partial charge >= 0.3 is 0 Å². The molecule has 24 heavy (non-hydrogen) atoms. The first kappa shape index (κ1) is 17.8. The molecule has 1 amide bonds. The molecule has 0 fully saturated rings. The van der Waals surface area contributed by atoms with E-state index in [0.717, 1.165) is 10.6 Å². The largest absolute Gasteiger partial charge is 0.494 e. The van der Waals surface area contributed by atoms with Crippen LogP contribution in [-0.2, 0) is 14.8 Å². The van der Waals surface area contributed by atoms with E-state index in [1.807, 2.05) is 6.92 Å². The number of sulfonamides is 1. The summed E-state index contributed by atoms with van der Waals surface area (Å²) in [4.78, 5) is 12.2. The average Bonchev–Trinajstić information content (AvgIpc) is 2.54. The van der Waals surface area contributed by atoms with Crippen molar-refractivity contribution < 1.29 is 17.9 Å². The Morgan fingerprint density at radius 2 is 1.71 bits per heavy atom. The highest BCUT2D eigenvalue weighted by Crippen LogP contribution is 2.18. The zero-order chi connectivity index (χ0) is 17.6. The van der Waals surface area contributed by atoms with Gasteiger partial charge in [-0.3, -0.25) is 9.10 Å². The van der Waals surface area contributed by atoms with Gasteiger partial charge in [0.25, 0.3) is 0 Å². The number of nitrogens with one attached hydrogen (secondary N) is 1. The number of rotatable bonds is 7. The van der Waals surface area contributed by atoms with Crippen LogP contribution in [-0.4, -0.2) is 33.7 Å². The molecule has 0 heterocycles. The first-order valence-corrected chi connectivity index (χ1v) is 9.30. The summed E-state index contributed by atoms with van der Waals surface area (Å²) < 4.78 is 30.3. The Morgan fingerprint density at radius 3 is 2.25 bits per heavy atom. The van der Waals surface area contributed by atoms with Gasteiger partial charge in [-0.1, -0.05) is 18.2 Å². The van der Waals surface area contributed by atoms with Gasteiger partial charge in [0.05, 0.1) is 18.6 Å². The molecule has 0 aliphatic heterocycles. The highest BCUT2D eigenvalue weighted by atomic mass is 32.2. The van der Waals surface area contributed by atoms with Gasteiger partial charge in [0.2, 0.25) is 15.9 Å². The summed E-state index contributed by atoms with van der Waals surface area (Å²) in [5.74, 6) is 0.283. The van der Waals surface area contributed by atoms with Crippen molar-refractivity contribution in [3.63, 3.8) is 0 Å². The summed E-state index contributed by atoms with van der Waals surface area (Å²) in [6, 6.07) is 15.4. The molecule has 0 spiro atoms. The molecule has 1 N–H and O–H groups in total. The van der Waals surface area contributed by atoms with Gasteiger partial charge < -0.3 is 10.1 Å². The molecule has 7 heteroatoms. The summed E-state index contributed by atoms with van der Waals surface area (Å²) in [5.41, 5.74) is 1.02. The van der Waals surface area contributed by atoms with E-state index < -0.39 is 15.9 Å². The molecular weight excluding hydrogens is 328 g/mol. The third-order valence-electron chi connectivity index (χ3n) is 3.18. The van der Waals surface area contributed by atoms with Crippen molar-refractivity contribution in [1.29, 1.82) is 0 Å². The molecule has 0 saturated carbocycles. The van der Waals surface area contributed by atoms with E-state index in [1.165, 1.54) is 0 Å². The number of carbonyl (C=O) groups is 1. The van der Waals surface area contributed by atoms with Crippen molar-refractivity contribution in [3.8, 4) is 5.75 Å². The van der Waals surface area contributed by atoms with Crippen LogP contribution in [0.25, 0.3) is 0 Å². The standard InChI is InChI=1S/C17H20N2O4S/c1-3-23-16-11-9-14(10-12-16)18-17(20)13-19(24(2,21)22)15-7-5-4-6-8-15/h4-12H,3,13H2,1-2H3,(H,18,20). The lowest BCUT2D eigenvalue weighted by molar-refractivity contribution is -0.114. The van der Waals surface area contributed by atoms with Gasteiger partial charge in [0.1, 0.15) is 12.3 Å². The normalized spacial score (nSPS) is 10.9. The van der Waals surface area contributed by atoms with Gasteiger partial charge in [-0.15, -0.1) is 0 Å². The molecule has 0 aliphatic carbocycles. The lowest BCUT2D eigenvalue weighted by atomic mass is 10.3. The first-order valence-electron chi connectivity index (χ1n) is 7.45. The van der Waals surface area contributed by atoms with E-state index in [9.17, 15) is 13.2 Å². The second kappa shape index (κ2) is 7.83. The van der Waals surface area contributed by atoms with Crippen LogP contribution in [0.2, 0.25) is 0 Å². The van der Waals surface area contributed by atoms with E-state index in [2.05, 4.69) is 5.32 Å². The van der Waals surface area contributed by atoms with Crippen LogP contribution in [0, 0.1) is 0 Å². The Bertz CT molecular complexity index is 774. The maximum atomic E-state index is 12.2. The molecular formula is C17H20N2O4S. The summed E-state index contributed by atoms with van der Waals surface area (Å²) in [6.45, 7) is 2.15. The molecule has 0 radical (unpaired) electrons. The predicted octanol–water partition coefficient (Wildman–Crippen LogP) is 2.49. The van der Waals surface area contributed by atoms with Crippen LogP contribution in [0.1, 0.15) is 6.92 Å². The fourth-order valence-electron chi connectivity index (χ4n) is 2.13. The number of carbonyl (C=O) groups excluding carboxylic acids is 1. The van der Waals surface area contributed by atoms with Crippen molar-refractivity contribution >= 4 is 27.3 Å². The fraction of sp³-hybridized carbons (Fsp3) is 0.235. The molecule has 0 atom stereocenters. The number of hydrogen-bond donors (Lipinski definition) is 1. The van der Waals surface area contributed by atoms with Crippen molar-refractivity contribution in [2.75, 3.05) is 29.0 Å². The fourth-order valence-corrected chi connectivity index (χ4v) is 2.98. The molecule has 2 aromatic carbocycles. The van der Waals surface area contributed by atoms with Gasteiger partial charge in [0.15, 0.2) is 0 Å². The predicted molar refractivity (Wildman–Crippen MR) is 94.9 cm³/mol. The van der Waals surface area contributed by atoms with E-state index in [1.54, 1.807) is 54.6 Å².